The molecule has 2 rings (SSSR count). The quantitative estimate of drug-likeness (QED) is 0.822. The van der Waals surface area contributed by atoms with Gasteiger partial charge in [0.15, 0.2) is 0 Å². The number of rotatable bonds is 3. The second-order valence-electron chi connectivity index (χ2n) is 5.11. The van der Waals surface area contributed by atoms with Crippen molar-refractivity contribution < 1.29 is 31.5 Å². The lowest BCUT2D eigenvalue weighted by atomic mass is 10.1. The molecule has 0 aliphatic carbocycles. The Labute approximate surface area is 139 Å². The number of alkyl halides is 3. The van der Waals surface area contributed by atoms with Crippen LogP contribution in [0.15, 0.2) is 27.6 Å². The second kappa shape index (κ2) is 6.40. The normalized spacial score (nSPS) is 20.4. The highest BCUT2D eigenvalue weighted by Gasteiger charge is 2.39. The van der Waals surface area contributed by atoms with E-state index in [4.69, 9.17) is 0 Å². The van der Waals surface area contributed by atoms with Crippen molar-refractivity contribution in [2.45, 2.75) is 36.4 Å². The maximum atomic E-state index is 12.7. The SMILES string of the molecule is O=C(O)[C@@H]1CCCCN1S(=O)(=O)c1ccc(C(F)(F)F)cc1Br. The summed E-state index contributed by atoms with van der Waals surface area (Å²) in [6.07, 6.45) is -3.34. The van der Waals surface area contributed by atoms with Gasteiger partial charge in [0.1, 0.15) is 6.04 Å². The van der Waals surface area contributed by atoms with E-state index < -0.39 is 33.8 Å². The molecule has 1 saturated heterocycles. The minimum absolute atomic E-state index is 0.0206. The van der Waals surface area contributed by atoms with Crippen molar-refractivity contribution in [3.63, 3.8) is 0 Å². The van der Waals surface area contributed by atoms with Gasteiger partial charge in [-0.05, 0) is 53.4 Å². The molecule has 0 unspecified atom stereocenters. The minimum atomic E-state index is -4.60. The number of carboxylic acid groups (broad SMARTS) is 1. The standard InChI is InChI=1S/C13H13BrF3NO4S/c14-9-7-8(13(15,16)17)4-5-11(9)23(21,22)18-6-2-1-3-10(18)12(19)20/h4-5,7,10H,1-3,6H2,(H,19,20)/t10-/m0/s1. The first-order valence-electron chi connectivity index (χ1n) is 6.66. The third-order valence-corrected chi connectivity index (χ3v) is 6.47. The molecule has 1 heterocycles. The Morgan fingerprint density at radius 2 is 1.96 bits per heavy atom. The van der Waals surface area contributed by atoms with Gasteiger partial charge in [-0.25, -0.2) is 8.42 Å². The van der Waals surface area contributed by atoms with Crippen LogP contribution in [0.25, 0.3) is 0 Å². The average molecular weight is 416 g/mol. The highest BCUT2D eigenvalue weighted by molar-refractivity contribution is 9.10. The molecule has 0 aromatic heterocycles. The van der Waals surface area contributed by atoms with E-state index in [-0.39, 0.29) is 22.3 Å². The third-order valence-electron chi connectivity index (χ3n) is 3.58. The maximum Gasteiger partial charge on any atom is 0.416 e. The fourth-order valence-corrected chi connectivity index (χ4v) is 5.14. The summed E-state index contributed by atoms with van der Waals surface area (Å²) >= 11 is 2.85. The fourth-order valence-electron chi connectivity index (χ4n) is 2.45. The Bertz CT molecular complexity index is 720. The van der Waals surface area contributed by atoms with E-state index in [1.54, 1.807) is 0 Å². The Morgan fingerprint density at radius 1 is 1.30 bits per heavy atom. The average Bonchev–Trinajstić information content (AvgIpc) is 2.45. The summed E-state index contributed by atoms with van der Waals surface area (Å²) in [5, 5.41) is 9.17. The fraction of sp³-hybridized carbons (Fsp3) is 0.462. The van der Waals surface area contributed by atoms with Crippen LogP contribution in [0, 0.1) is 0 Å². The van der Waals surface area contributed by atoms with Crippen molar-refractivity contribution in [2.75, 3.05) is 6.54 Å². The van der Waals surface area contributed by atoms with Gasteiger partial charge in [0, 0.05) is 11.0 Å². The number of sulfonamides is 1. The summed E-state index contributed by atoms with van der Waals surface area (Å²) in [6, 6.07) is 0.975. The minimum Gasteiger partial charge on any atom is -0.480 e. The van der Waals surface area contributed by atoms with Crippen LogP contribution in [0.1, 0.15) is 24.8 Å². The number of carbonyl (C=O) groups is 1. The molecule has 1 aliphatic rings. The Kier molecular flexibility index (Phi) is 5.07. The molecular formula is C13H13BrF3NO4S. The first-order valence-corrected chi connectivity index (χ1v) is 8.90. The third kappa shape index (κ3) is 3.69. The monoisotopic (exact) mass is 415 g/mol. The molecule has 1 aromatic rings. The summed E-state index contributed by atoms with van der Waals surface area (Å²) in [4.78, 5) is 10.9. The lowest BCUT2D eigenvalue weighted by molar-refractivity contribution is -0.142. The summed E-state index contributed by atoms with van der Waals surface area (Å²) in [5.41, 5.74) is -0.989. The molecule has 1 N–H and O–H groups in total. The smallest absolute Gasteiger partial charge is 0.416 e. The molecule has 0 spiro atoms. The molecule has 10 heteroatoms. The zero-order chi connectivity index (χ0) is 17.4. The van der Waals surface area contributed by atoms with E-state index in [1.807, 2.05) is 0 Å². The van der Waals surface area contributed by atoms with E-state index in [0.29, 0.717) is 25.0 Å². The van der Waals surface area contributed by atoms with Gasteiger partial charge >= 0.3 is 12.1 Å². The van der Waals surface area contributed by atoms with Gasteiger partial charge in [-0.2, -0.15) is 17.5 Å². The summed E-state index contributed by atoms with van der Waals surface area (Å²) < 4.78 is 63.8. The Morgan fingerprint density at radius 3 is 2.48 bits per heavy atom. The van der Waals surface area contributed by atoms with Crippen LogP contribution in [0.4, 0.5) is 13.2 Å². The summed E-state index contributed by atoms with van der Waals surface area (Å²) in [6.45, 7) is 0.0206. The van der Waals surface area contributed by atoms with E-state index in [1.165, 1.54) is 0 Å². The molecular weight excluding hydrogens is 403 g/mol. The zero-order valence-corrected chi connectivity index (χ0v) is 14.1. The number of carboxylic acids is 1. The molecule has 0 amide bonds. The van der Waals surface area contributed by atoms with Gasteiger partial charge in [0.05, 0.1) is 10.5 Å². The molecule has 128 valence electrons. The van der Waals surface area contributed by atoms with E-state index >= 15 is 0 Å². The number of benzene rings is 1. The van der Waals surface area contributed by atoms with Crippen molar-refractivity contribution in [1.82, 2.24) is 4.31 Å². The first-order chi connectivity index (χ1) is 10.5. The van der Waals surface area contributed by atoms with Gasteiger partial charge in [-0.15, -0.1) is 0 Å². The molecule has 1 aliphatic heterocycles. The number of hydrogen-bond donors (Lipinski definition) is 1. The van der Waals surface area contributed by atoms with E-state index in [0.717, 1.165) is 10.4 Å². The molecule has 1 aromatic carbocycles. The molecule has 0 radical (unpaired) electrons. The predicted octanol–water partition coefficient (Wildman–Crippen LogP) is 3.10. The van der Waals surface area contributed by atoms with Crippen LogP contribution < -0.4 is 0 Å². The summed E-state index contributed by atoms with van der Waals surface area (Å²) in [7, 11) is -4.21. The highest BCUT2D eigenvalue weighted by Crippen LogP contribution is 2.35. The Balaban J connectivity index is 2.45. The number of halogens is 4. The van der Waals surface area contributed by atoms with Crippen molar-refractivity contribution in [2.24, 2.45) is 0 Å². The van der Waals surface area contributed by atoms with Crippen LogP contribution >= 0.6 is 15.9 Å². The summed E-state index contributed by atoms with van der Waals surface area (Å²) in [5.74, 6) is -1.27. The molecule has 0 saturated carbocycles. The Hall–Kier alpha value is -1.13. The predicted molar refractivity (Wildman–Crippen MR) is 78.3 cm³/mol. The number of nitrogens with zero attached hydrogens (tertiary/aromatic N) is 1. The maximum absolute atomic E-state index is 12.7. The van der Waals surface area contributed by atoms with Gasteiger partial charge in [-0.1, -0.05) is 0 Å². The lowest BCUT2D eigenvalue weighted by Crippen LogP contribution is -2.47. The number of aliphatic carboxylic acids is 1. The first kappa shape index (κ1) is 18.2. The molecule has 1 atom stereocenters. The van der Waals surface area contributed by atoms with Gasteiger partial charge in [0.25, 0.3) is 0 Å². The van der Waals surface area contributed by atoms with Crippen molar-refractivity contribution >= 4 is 31.9 Å². The van der Waals surface area contributed by atoms with Crippen molar-refractivity contribution in [3.05, 3.63) is 28.2 Å². The number of piperidine rings is 1. The largest absolute Gasteiger partial charge is 0.480 e. The molecule has 5 nitrogen and oxygen atoms in total. The van der Waals surface area contributed by atoms with Gasteiger partial charge in [-0.3, -0.25) is 4.79 Å². The topological polar surface area (TPSA) is 74.7 Å². The van der Waals surface area contributed by atoms with Crippen molar-refractivity contribution in [3.8, 4) is 0 Å². The molecule has 1 fully saturated rings. The molecule has 23 heavy (non-hydrogen) atoms. The van der Waals surface area contributed by atoms with Crippen LogP contribution in [0.5, 0.6) is 0 Å². The van der Waals surface area contributed by atoms with Gasteiger partial charge < -0.3 is 5.11 Å². The zero-order valence-electron chi connectivity index (χ0n) is 11.7. The van der Waals surface area contributed by atoms with E-state index in [9.17, 15) is 31.5 Å². The van der Waals surface area contributed by atoms with Crippen LogP contribution in [-0.4, -0.2) is 36.4 Å². The van der Waals surface area contributed by atoms with Crippen molar-refractivity contribution in [1.29, 1.82) is 0 Å². The highest BCUT2D eigenvalue weighted by atomic mass is 79.9. The van der Waals surface area contributed by atoms with Crippen LogP contribution in [-0.2, 0) is 21.0 Å². The lowest BCUT2D eigenvalue weighted by Gasteiger charge is -2.32. The van der Waals surface area contributed by atoms with Crippen LogP contribution in [0.2, 0.25) is 0 Å². The molecule has 0 bridgehead atoms. The van der Waals surface area contributed by atoms with Gasteiger partial charge in [0.2, 0.25) is 10.0 Å². The second-order valence-corrected chi connectivity index (χ2v) is 7.82. The number of hydrogen-bond acceptors (Lipinski definition) is 3. The van der Waals surface area contributed by atoms with Crippen LogP contribution in [0.3, 0.4) is 0 Å². The van der Waals surface area contributed by atoms with E-state index in [2.05, 4.69) is 15.9 Å².